The smallest absolute Gasteiger partial charge is 0.351 e. The van der Waals surface area contributed by atoms with Crippen LogP contribution in [-0.2, 0) is 14.6 Å². The third-order valence-corrected chi connectivity index (χ3v) is 10.1. The second kappa shape index (κ2) is 9.45. The number of halogens is 2. The SMILES string of the molecule is CCC(CC)(N(c1cccc2c(OC)cccc12)S(=O)(=O)c1cc(Cl)cc(Cl)c1)P(=O)(O)O. The average molecular weight is 532 g/mol. The van der Waals surface area contributed by atoms with Gasteiger partial charge in [0.2, 0.25) is 0 Å². The minimum atomic E-state index is -5.02. The van der Waals surface area contributed by atoms with Gasteiger partial charge in [0.25, 0.3) is 10.0 Å². The molecule has 0 aliphatic rings. The highest BCUT2D eigenvalue weighted by Gasteiger charge is 2.54. The molecule has 0 aliphatic carbocycles. The van der Waals surface area contributed by atoms with Gasteiger partial charge in [-0.3, -0.25) is 4.57 Å². The molecule has 0 spiro atoms. The fourth-order valence-corrected chi connectivity index (χ4v) is 8.40. The van der Waals surface area contributed by atoms with Crippen LogP contribution in [0.25, 0.3) is 10.8 Å². The molecule has 2 N–H and O–H groups in total. The molecule has 0 saturated heterocycles. The molecule has 0 aromatic heterocycles. The maximum atomic E-state index is 14.1. The third-order valence-electron chi connectivity index (χ3n) is 5.72. The Morgan fingerprint density at radius 2 is 1.52 bits per heavy atom. The molecule has 3 aromatic carbocycles. The molecule has 0 atom stereocenters. The monoisotopic (exact) mass is 531 g/mol. The number of benzene rings is 3. The molecule has 7 nitrogen and oxygen atoms in total. The Kier molecular flexibility index (Phi) is 7.39. The largest absolute Gasteiger partial charge is 0.496 e. The summed E-state index contributed by atoms with van der Waals surface area (Å²) in [6.45, 7) is 3.09. The van der Waals surface area contributed by atoms with Crippen molar-refractivity contribution in [3.63, 3.8) is 0 Å². The second-order valence-electron chi connectivity index (χ2n) is 7.44. The van der Waals surface area contributed by atoms with Gasteiger partial charge in [-0.1, -0.05) is 61.3 Å². The lowest BCUT2D eigenvalue weighted by atomic mass is 10.1. The van der Waals surface area contributed by atoms with Crippen molar-refractivity contribution in [2.24, 2.45) is 0 Å². The predicted molar refractivity (Wildman–Crippen MR) is 132 cm³/mol. The van der Waals surface area contributed by atoms with Crippen molar-refractivity contribution in [3.8, 4) is 5.75 Å². The Bertz CT molecular complexity index is 1320. The molecule has 0 heterocycles. The van der Waals surface area contributed by atoms with Crippen molar-refractivity contribution in [1.29, 1.82) is 0 Å². The summed E-state index contributed by atoms with van der Waals surface area (Å²) in [6.07, 6.45) is -0.302. The summed E-state index contributed by atoms with van der Waals surface area (Å²) in [4.78, 5) is 20.7. The quantitative estimate of drug-likeness (QED) is 0.343. The first-order valence-electron chi connectivity index (χ1n) is 10.1. The number of ether oxygens (including phenoxy) is 1. The molecule has 3 aromatic rings. The molecule has 0 bridgehead atoms. The van der Waals surface area contributed by atoms with Crippen molar-refractivity contribution >= 4 is 57.3 Å². The van der Waals surface area contributed by atoms with Gasteiger partial charge in [-0.05, 0) is 43.2 Å². The molecular weight excluding hydrogens is 508 g/mol. The third kappa shape index (κ3) is 4.48. The number of nitrogens with zero attached hydrogens (tertiary/aromatic N) is 1. The van der Waals surface area contributed by atoms with E-state index in [1.54, 1.807) is 44.2 Å². The predicted octanol–water partition coefficient (Wildman–Crippen LogP) is 6.04. The first kappa shape index (κ1) is 25.8. The first-order chi connectivity index (χ1) is 15.4. The van der Waals surface area contributed by atoms with Gasteiger partial charge in [0.15, 0.2) is 5.28 Å². The van der Waals surface area contributed by atoms with Gasteiger partial charge in [0, 0.05) is 20.8 Å². The Morgan fingerprint density at radius 1 is 0.970 bits per heavy atom. The highest BCUT2D eigenvalue weighted by molar-refractivity contribution is 7.93. The van der Waals surface area contributed by atoms with Crippen LogP contribution in [0.1, 0.15) is 26.7 Å². The number of hydrogen-bond acceptors (Lipinski definition) is 4. The Balaban J connectivity index is 2.49. The van der Waals surface area contributed by atoms with Gasteiger partial charge < -0.3 is 14.5 Å². The van der Waals surface area contributed by atoms with Crippen molar-refractivity contribution in [2.45, 2.75) is 36.9 Å². The van der Waals surface area contributed by atoms with Crippen LogP contribution < -0.4 is 9.04 Å². The number of fused-ring (bicyclic) bond motifs is 1. The van der Waals surface area contributed by atoms with Gasteiger partial charge in [-0.15, -0.1) is 0 Å². The van der Waals surface area contributed by atoms with E-state index in [0.29, 0.717) is 16.5 Å². The summed E-state index contributed by atoms with van der Waals surface area (Å²) >= 11 is 12.2. The Morgan fingerprint density at radius 3 is 2.03 bits per heavy atom. The van der Waals surface area contributed by atoms with E-state index in [1.165, 1.54) is 31.4 Å². The maximum Gasteiger partial charge on any atom is 0.351 e. The fourth-order valence-electron chi connectivity index (χ4n) is 4.05. The highest BCUT2D eigenvalue weighted by Crippen LogP contribution is 2.59. The molecule has 3 rings (SSSR count). The second-order valence-corrected chi connectivity index (χ2v) is 12.0. The zero-order valence-corrected chi connectivity index (χ0v) is 21.4. The average Bonchev–Trinajstić information content (AvgIpc) is 2.75. The first-order valence-corrected chi connectivity index (χ1v) is 13.9. The normalized spacial score (nSPS) is 12.7. The molecule has 0 amide bonds. The Labute approximate surface area is 203 Å². The zero-order chi connectivity index (χ0) is 24.6. The molecule has 0 saturated carbocycles. The molecule has 0 unspecified atom stereocenters. The van der Waals surface area contributed by atoms with E-state index in [1.807, 2.05) is 0 Å². The van der Waals surface area contributed by atoms with E-state index < -0.39 is 22.9 Å². The maximum absolute atomic E-state index is 14.1. The molecule has 0 aliphatic heterocycles. The molecule has 0 radical (unpaired) electrons. The summed E-state index contributed by atoms with van der Waals surface area (Å²) < 4.78 is 47.3. The zero-order valence-electron chi connectivity index (χ0n) is 18.2. The summed E-state index contributed by atoms with van der Waals surface area (Å²) in [7, 11) is -8.07. The minimum absolute atomic E-state index is 0.0791. The number of hydrogen-bond donors (Lipinski definition) is 2. The van der Waals surface area contributed by atoms with Crippen LogP contribution in [0.15, 0.2) is 59.5 Å². The summed E-state index contributed by atoms with van der Waals surface area (Å²) in [5.41, 5.74) is 0.106. The summed E-state index contributed by atoms with van der Waals surface area (Å²) in [5.74, 6) is 0.493. The van der Waals surface area contributed by atoms with Crippen LogP contribution in [0.3, 0.4) is 0 Å². The van der Waals surface area contributed by atoms with Gasteiger partial charge in [-0.25, -0.2) is 12.7 Å². The molecule has 178 valence electrons. The van der Waals surface area contributed by atoms with E-state index in [0.717, 1.165) is 4.31 Å². The lowest BCUT2D eigenvalue weighted by Crippen LogP contribution is -2.51. The summed E-state index contributed by atoms with van der Waals surface area (Å²) in [6, 6.07) is 13.7. The van der Waals surface area contributed by atoms with Crippen LogP contribution in [-0.4, -0.2) is 30.6 Å². The number of anilines is 1. The standard InChI is InChI=1S/C22H24Cl2NO6PS/c1-4-22(5-2,32(26,27)28)25(33(29,30)17-13-15(23)12-16(24)14-17)20-10-6-9-19-18(20)8-7-11-21(19)31-3/h6-14H,4-5H2,1-3H3,(H2,26,27,28). The molecule has 11 heteroatoms. The molecule has 0 fully saturated rings. The fraction of sp³-hybridized carbons (Fsp3) is 0.273. The van der Waals surface area contributed by atoms with Crippen LogP contribution >= 0.6 is 30.8 Å². The van der Waals surface area contributed by atoms with Gasteiger partial charge >= 0.3 is 7.60 Å². The highest BCUT2D eigenvalue weighted by atomic mass is 35.5. The number of sulfonamides is 1. The van der Waals surface area contributed by atoms with Crippen molar-refractivity contribution < 1.29 is 27.5 Å². The van der Waals surface area contributed by atoms with Crippen LogP contribution in [0.4, 0.5) is 5.69 Å². The van der Waals surface area contributed by atoms with Crippen molar-refractivity contribution in [2.75, 3.05) is 11.4 Å². The lowest BCUT2D eigenvalue weighted by Gasteiger charge is -2.43. The minimum Gasteiger partial charge on any atom is -0.496 e. The Hall–Kier alpha value is -1.80. The van der Waals surface area contributed by atoms with Crippen molar-refractivity contribution in [3.05, 3.63) is 64.6 Å². The van der Waals surface area contributed by atoms with Gasteiger partial charge in [0.05, 0.1) is 17.7 Å². The molecule has 33 heavy (non-hydrogen) atoms. The van der Waals surface area contributed by atoms with E-state index >= 15 is 0 Å². The van der Waals surface area contributed by atoms with E-state index in [2.05, 4.69) is 0 Å². The van der Waals surface area contributed by atoms with Crippen LogP contribution in [0.5, 0.6) is 5.75 Å². The van der Waals surface area contributed by atoms with Crippen molar-refractivity contribution in [1.82, 2.24) is 0 Å². The topological polar surface area (TPSA) is 104 Å². The number of methoxy groups -OCH3 is 1. The number of rotatable bonds is 8. The lowest BCUT2D eigenvalue weighted by molar-refractivity contribution is 0.317. The molecular formula is C22H24Cl2NO6PS. The van der Waals surface area contributed by atoms with E-state index in [4.69, 9.17) is 27.9 Å². The van der Waals surface area contributed by atoms with Crippen LogP contribution in [0, 0.1) is 0 Å². The van der Waals surface area contributed by atoms with E-state index in [-0.39, 0.29) is 33.5 Å². The van der Waals surface area contributed by atoms with Gasteiger partial charge in [0.1, 0.15) is 5.75 Å². The summed E-state index contributed by atoms with van der Waals surface area (Å²) in [5, 5.41) is -0.856. The van der Waals surface area contributed by atoms with Crippen LogP contribution in [0.2, 0.25) is 10.0 Å². The van der Waals surface area contributed by atoms with Gasteiger partial charge in [-0.2, -0.15) is 0 Å². The van der Waals surface area contributed by atoms with E-state index in [9.17, 15) is 22.8 Å².